The zero-order valence-electron chi connectivity index (χ0n) is 11.2. The van der Waals surface area contributed by atoms with Crippen LogP contribution in [0, 0.1) is 0 Å². The molecule has 0 saturated carbocycles. The summed E-state index contributed by atoms with van der Waals surface area (Å²) in [6.45, 7) is 5.20. The molecule has 0 aliphatic heterocycles. The molecule has 2 aromatic rings. The molecule has 6 nitrogen and oxygen atoms in total. The van der Waals surface area contributed by atoms with Crippen molar-refractivity contribution in [3.8, 4) is 0 Å². The van der Waals surface area contributed by atoms with Crippen LogP contribution >= 0.6 is 0 Å². The quantitative estimate of drug-likeness (QED) is 0.796. The zero-order chi connectivity index (χ0) is 13.7. The fraction of sp³-hybridized carbons (Fsp3) is 0.462. The van der Waals surface area contributed by atoms with Crippen molar-refractivity contribution in [3.05, 3.63) is 30.2 Å². The van der Waals surface area contributed by atoms with Gasteiger partial charge >= 0.3 is 0 Å². The first kappa shape index (κ1) is 13.5. The van der Waals surface area contributed by atoms with E-state index in [1.165, 1.54) is 6.20 Å². The lowest BCUT2D eigenvalue weighted by Crippen LogP contribution is -2.25. The molecule has 19 heavy (non-hydrogen) atoms. The molecule has 2 rings (SSSR count). The van der Waals surface area contributed by atoms with E-state index in [-0.39, 0.29) is 12.0 Å². The van der Waals surface area contributed by atoms with Crippen LogP contribution < -0.4 is 5.32 Å². The highest BCUT2D eigenvalue weighted by molar-refractivity contribution is 5.99. The summed E-state index contributed by atoms with van der Waals surface area (Å²) in [4.78, 5) is 16.1. The Morgan fingerprint density at radius 1 is 1.53 bits per heavy atom. The van der Waals surface area contributed by atoms with Gasteiger partial charge in [-0.2, -0.15) is 5.10 Å². The van der Waals surface area contributed by atoms with Crippen molar-refractivity contribution in [2.45, 2.75) is 26.4 Å². The van der Waals surface area contributed by atoms with E-state index in [1.807, 2.05) is 13.8 Å². The van der Waals surface area contributed by atoms with Crippen LogP contribution in [0.2, 0.25) is 0 Å². The molecule has 0 aliphatic carbocycles. The summed E-state index contributed by atoms with van der Waals surface area (Å²) in [6.07, 6.45) is 5.94. The standard InChI is InChI=1S/C13H18N4O2/c1-10(2)19-8-4-6-15-13(18)11-9-16-17-7-3-5-14-12(11)17/h3,5,7,9-10H,4,6,8H2,1-2H3,(H,15,18). The van der Waals surface area contributed by atoms with Gasteiger partial charge in [0.05, 0.1) is 12.3 Å². The Bertz CT molecular complexity index is 550. The Morgan fingerprint density at radius 2 is 2.37 bits per heavy atom. The molecule has 0 radical (unpaired) electrons. The van der Waals surface area contributed by atoms with Crippen LogP contribution in [0.25, 0.3) is 5.65 Å². The number of rotatable bonds is 6. The second-order valence-corrected chi connectivity index (χ2v) is 4.48. The lowest BCUT2D eigenvalue weighted by molar-refractivity contribution is 0.0757. The highest BCUT2D eigenvalue weighted by Crippen LogP contribution is 2.06. The van der Waals surface area contributed by atoms with E-state index >= 15 is 0 Å². The smallest absolute Gasteiger partial charge is 0.256 e. The van der Waals surface area contributed by atoms with E-state index in [4.69, 9.17) is 4.74 Å². The fourth-order valence-corrected chi connectivity index (χ4v) is 1.68. The minimum absolute atomic E-state index is 0.154. The van der Waals surface area contributed by atoms with Crippen molar-refractivity contribution in [1.29, 1.82) is 0 Å². The van der Waals surface area contributed by atoms with E-state index in [2.05, 4.69) is 15.4 Å². The molecule has 2 aromatic heterocycles. The first-order valence-electron chi connectivity index (χ1n) is 6.36. The number of carbonyl (C=O) groups excluding carboxylic acids is 1. The molecule has 0 fully saturated rings. The number of nitrogens with one attached hydrogen (secondary N) is 1. The van der Waals surface area contributed by atoms with Crippen LogP contribution in [0.15, 0.2) is 24.7 Å². The van der Waals surface area contributed by atoms with Crippen molar-refractivity contribution in [1.82, 2.24) is 19.9 Å². The number of aromatic nitrogens is 3. The summed E-state index contributed by atoms with van der Waals surface area (Å²) in [6, 6.07) is 1.77. The maximum Gasteiger partial charge on any atom is 0.256 e. The summed E-state index contributed by atoms with van der Waals surface area (Å²) >= 11 is 0. The van der Waals surface area contributed by atoms with E-state index < -0.39 is 0 Å². The molecule has 2 heterocycles. The Balaban J connectivity index is 1.86. The molecule has 0 bridgehead atoms. The van der Waals surface area contributed by atoms with Gasteiger partial charge in [0, 0.05) is 25.5 Å². The second-order valence-electron chi connectivity index (χ2n) is 4.48. The van der Waals surface area contributed by atoms with Gasteiger partial charge in [0.2, 0.25) is 0 Å². The van der Waals surface area contributed by atoms with Crippen LogP contribution in [0.1, 0.15) is 30.6 Å². The fourth-order valence-electron chi connectivity index (χ4n) is 1.68. The Kier molecular flexibility index (Phi) is 4.46. The Morgan fingerprint density at radius 3 is 3.16 bits per heavy atom. The molecule has 0 saturated heterocycles. The number of carbonyl (C=O) groups is 1. The summed E-state index contributed by atoms with van der Waals surface area (Å²) in [5.41, 5.74) is 1.06. The predicted octanol–water partition coefficient (Wildman–Crippen LogP) is 1.27. The van der Waals surface area contributed by atoms with Gasteiger partial charge in [-0.15, -0.1) is 0 Å². The summed E-state index contributed by atoms with van der Waals surface area (Å²) in [5.74, 6) is -0.154. The molecular formula is C13H18N4O2. The van der Waals surface area contributed by atoms with Gasteiger partial charge < -0.3 is 10.1 Å². The number of ether oxygens (including phenoxy) is 1. The molecule has 1 N–H and O–H groups in total. The average Bonchev–Trinajstić information content (AvgIpc) is 2.81. The van der Waals surface area contributed by atoms with Crippen LogP contribution in [-0.4, -0.2) is 39.8 Å². The van der Waals surface area contributed by atoms with E-state index in [9.17, 15) is 4.79 Å². The number of fused-ring (bicyclic) bond motifs is 1. The van der Waals surface area contributed by atoms with Gasteiger partial charge in [-0.1, -0.05) is 0 Å². The van der Waals surface area contributed by atoms with Gasteiger partial charge in [0.1, 0.15) is 5.56 Å². The predicted molar refractivity (Wildman–Crippen MR) is 71.0 cm³/mol. The lowest BCUT2D eigenvalue weighted by atomic mass is 10.3. The maximum atomic E-state index is 12.0. The van der Waals surface area contributed by atoms with Gasteiger partial charge in [-0.25, -0.2) is 9.50 Å². The van der Waals surface area contributed by atoms with E-state index in [1.54, 1.807) is 23.0 Å². The molecule has 0 unspecified atom stereocenters. The number of amides is 1. The van der Waals surface area contributed by atoms with Gasteiger partial charge in [0.25, 0.3) is 5.91 Å². The van der Waals surface area contributed by atoms with Crippen LogP contribution in [0.5, 0.6) is 0 Å². The second kappa shape index (κ2) is 6.29. The van der Waals surface area contributed by atoms with Crippen molar-refractivity contribution in [3.63, 3.8) is 0 Å². The topological polar surface area (TPSA) is 68.5 Å². The average molecular weight is 262 g/mol. The van der Waals surface area contributed by atoms with Crippen molar-refractivity contribution in [2.75, 3.05) is 13.2 Å². The Labute approximate surface area is 111 Å². The number of nitrogens with zero attached hydrogens (tertiary/aromatic N) is 3. The zero-order valence-corrected chi connectivity index (χ0v) is 11.2. The molecule has 0 atom stereocenters. The monoisotopic (exact) mass is 262 g/mol. The first-order chi connectivity index (χ1) is 9.18. The van der Waals surface area contributed by atoms with Gasteiger partial charge in [0.15, 0.2) is 5.65 Å². The molecule has 1 amide bonds. The summed E-state index contributed by atoms with van der Waals surface area (Å²) < 4.78 is 6.98. The van der Waals surface area contributed by atoms with E-state index in [0.717, 1.165) is 6.42 Å². The summed E-state index contributed by atoms with van der Waals surface area (Å²) in [7, 11) is 0. The minimum Gasteiger partial charge on any atom is -0.379 e. The molecule has 0 aromatic carbocycles. The van der Waals surface area contributed by atoms with Crippen LogP contribution in [-0.2, 0) is 4.74 Å². The summed E-state index contributed by atoms with van der Waals surface area (Å²) in [5, 5.41) is 6.91. The van der Waals surface area contributed by atoms with Crippen molar-refractivity contribution >= 4 is 11.6 Å². The molecule has 0 spiro atoms. The van der Waals surface area contributed by atoms with Crippen molar-refractivity contribution < 1.29 is 9.53 Å². The van der Waals surface area contributed by atoms with Crippen LogP contribution in [0.3, 0.4) is 0 Å². The van der Waals surface area contributed by atoms with Crippen molar-refractivity contribution in [2.24, 2.45) is 0 Å². The third-order valence-corrected chi connectivity index (χ3v) is 2.58. The number of hydrogen-bond donors (Lipinski definition) is 1. The molecule has 102 valence electrons. The largest absolute Gasteiger partial charge is 0.379 e. The maximum absolute atomic E-state index is 12.0. The minimum atomic E-state index is -0.154. The normalized spacial score (nSPS) is 11.1. The van der Waals surface area contributed by atoms with Gasteiger partial charge in [-0.3, -0.25) is 4.79 Å². The molecular weight excluding hydrogens is 244 g/mol. The first-order valence-corrected chi connectivity index (χ1v) is 6.36. The highest BCUT2D eigenvalue weighted by atomic mass is 16.5. The third kappa shape index (κ3) is 3.51. The SMILES string of the molecule is CC(C)OCCCNC(=O)c1cnn2cccnc12. The van der Waals surface area contributed by atoms with E-state index in [0.29, 0.717) is 24.4 Å². The Hall–Kier alpha value is -1.95. The molecule has 0 aliphatic rings. The lowest BCUT2D eigenvalue weighted by Gasteiger charge is -2.07. The molecule has 6 heteroatoms. The number of hydrogen-bond acceptors (Lipinski definition) is 4. The highest BCUT2D eigenvalue weighted by Gasteiger charge is 2.12. The van der Waals surface area contributed by atoms with Gasteiger partial charge in [-0.05, 0) is 26.3 Å². The van der Waals surface area contributed by atoms with Crippen LogP contribution in [0.4, 0.5) is 0 Å². The third-order valence-electron chi connectivity index (χ3n) is 2.58.